The molecule has 38 heavy (non-hydrogen) atoms. The zero-order chi connectivity index (χ0) is 26.7. The number of urea groups is 1. The Bertz CT molecular complexity index is 1330. The molecule has 194 valence electrons. The average Bonchev–Trinajstić information content (AvgIpc) is 2.93. The molecule has 4 aromatic carbocycles. The number of aliphatic carboxylic acids is 1. The number of anilines is 2. The monoisotopic (exact) mass is 524 g/mol. The number of nitrogens with one attached hydrogen (secondary N) is 1. The number of para-hydroxylation sites is 1. The summed E-state index contributed by atoms with van der Waals surface area (Å²) < 4.78 is 0. The van der Waals surface area contributed by atoms with Gasteiger partial charge in [-0.05, 0) is 72.9 Å². The number of carbonyl (C=O) groups excluding carboxylic acids is 1. The molecule has 4 rings (SSSR count). The predicted molar refractivity (Wildman–Crippen MR) is 155 cm³/mol. The number of amides is 2. The summed E-state index contributed by atoms with van der Waals surface area (Å²) in [7, 11) is 0. The van der Waals surface area contributed by atoms with Crippen molar-refractivity contribution in [1.82, 2.24) is 0 Å². The van der Waals surface area contributed by atoms with E-state index in [4.69, 9.17) is 0 Å². The van der Waals surface area contributed by atoms with Gasteiger partial charge in [0.25, 0.3) is 0 Å². The highest BCUT2D eigenvalue weighted by Gasteiger charge is 2.18. The summed E-state index contributed by atoms with van der Waals surface area (Å²) in [5, 5.41) is 12.5. The number of rotatable bonds is 11. The highest BCUT2D eigenvalue weighted by Crippen LogP contribution is 2.32. The van der Waals surface area contributed by atoms with Crippen LogP contribution in [0.2, 0.25) is 0 Å². The summed E-state index contributed by atoms with van der Waals surface area (Å²) in [6.07, 6.45) is 2.26. The van der Waals surface area contributed by atoms with Gasteiger partial charge in [0.05, 0.1) is 5.92 Å². The third-order valence-electron chi connectivity index (χ3n) is 6.31. The van der Waals surface area contributed by atoms with Gasteiger partial charge in [-0.1, -0.05) is 85.4 Å². The molecule has 0 radical (unpaired) electrons. The zero-order valence-corrected chi connectivity index (χ0v) is 22.2. The molecule has 1 unspecified atom stereocenters. The molecular formula is C32H32N2O3S. The van der Waals surface area contributed by atoms with Gasteiger partial charge in [0.15, 0.2) is 0 Å². The van der Waals surface area contributed by atoms with E-state index in [1.807, 2.05) is 104 Å². The van der Waals surface area contributed by atoms with E-state index < -0.39 is 11.9 Å². The molecule has 0 bridgehead atoms. The van der Waals surface area contributed by atoms with E-state index >= 15 is 0 Å². The van der Waals surface area contributed by atoms with Crippen LogP contribution in [0.25, 0.3) is 0 Å². The maximum absolute atomic E-state index is 13.4. The molecule has 6 heteroatoms. The molecule has 2 N–H and O–H groups in total. The highest BCUT2D eigenvalue weighted by atomic mass is 32.2. The lowest BCUT2D eigenvalue weighted by Gasteiger charge is -2.24. The summed E-state index contributed by atoms with van der Waals surface area (Å²) in [6, 6.07) is 35.2. The van der Waals surface area contributed by atoms with Crippen LogP contribution in [0.3, 0.4) is 0 Å². The van der Waals surface area contributed by atoms with E-state index in [1.165, 1.54) is 5.56 Å². The second-order valence-electron chi connectivity index (χ2n) is 9.00. The first-order valence-corrected chi connectivity index (χ1v) is 13.6. The van der Waals surface area contributed by atoms with E-state index in [-0.39, 0.29) is 6.03 Å². The molecule has 0 fully saturated rings. The minimum absolute atomic E-state index is 0.171. The summed E-state index contributed by atoms with van der Waals surface area (Å²) in [4.78, 5) is 28.7. The maximum atomic E-state index is 13.4. The highest BCUT2D eigenvalue weighted by molar-refractivity contribution is 7.99. The summed E-state index contributed by atoms with van der Waals surface area (Å²) in [6.45, 7) is 2.45. The lowest BCUT2D eigenvalue weighted by Crippen LogP contribution is -2.36. The minimum atomic E-state index is -0.804. The van der Waals surface area contributed by atoms with E-state index in [1.54, 1.807) is 16.7 Å². The number of carboxylic acid groups (broad SMARTS) is 1. The molecule has 0 aliphatic rings. The van der Waals surface area contributed by atoms with Crippen molar-refractivity contribution >= 4 is 35.1 Å². The standard InChI is InChI=1S/C32H32N2O3S/c1-2-30(31(35)36)25-18-20-28(21-19-25)38-29-17-9-16-27(23-29)34(22-10-13-24-11-5-3-6-12-24)32(37)33-26-14-7-4-8-15-26/h3-9,11-12,14-21,23,30H,2,10,13,22H2,1H3,(H,33,37)(H,35,36). The molecule has 5 nitrogen and oxygen atoms in total. The second-order valence-corrected chi connectivity index (χ2v) is 10.2. The lowest BCUT2D eigenvalue weighted by molar-refractivity contribution is -0.138. The van der Waals surface area contributed by atoms with E-state index in [2.05, 4.69) is 17.4 Å². The molecule has 0 aliphatic heterocycles. The fraction of sp³-hybridized carbons (Fsp3) is 0.188. The first-order chi connectivity index (χ1) is 18.5. The fourth-order valence-corrected chi connectivity index (χ4v) is 5.19. The van der Waals surface area contributed by atoms with Crippen LogP contribution in [0, 0.1) is 0 Å². The Balaban J connectivity index is 1.50. The van der Waals surface area contributed by atoms with E-state index in [9.17, 15) is 14.7 Å². The smallest absolute Gasteiger partial charge is 0.326 e. The summed E-state index contributed by atoms with van der Waals surface area (Å²) >= 11 is 1.59. The Morgan fingerprint density at radius 2 is 1.53 bits per heavy atom. The zero-order valence-electron chi connectivity index (χ0n) is 21.4. The van der Waals surface area contributed by atoms with Crippen LogP contribution in [-0.4, -0.2) is 23.7 Å². The van der Waals surface area contributed by atoms with Gasteiger partial charge in [-0.25, -0.2) is 4.79 Å². The lowest BCUT2D eigenvalue weighted by atomic mass is 9.97. The van der Waals surface area contributed by atoms with Crippen LogP contribution >= 0.6 is 11.8 Å². The van der Waals surface area contributed by atoms with Crippen LogP contribution in [-0.2, 0) is 11.2 Å². The largest absolute Gasteiger partial charge is 0.481 e. The first kappa shape index (κ1) is 27.0. The maximum Gasteiger partial charge on any atom is 0.326 e. The Hall–Kier alpha value is -4.03. The van der Waals surface area contributed by atoms with Gasteiger partial charge >= 0.3 is 12.0 Å². The van der Waals surface area contributed by atoms with Gasteiger partial charge in [-0.15, -0.1) is 0 Å². The number of carboxylic acids is 1. The number of benzene rings is 4. The molecule has 0 heterocycles. The van der Waals surface area contributed by atoms with Gasteiger partial charge in [-0.2, -0.15) is 0 Å². The number of carbonyl (C=O) groups is 2. The summed E-state index contributed by atoms with van der Waals surface area (Å²) in [5.74, 6) is -1.30. The van der Waals surface area contributed by atoms with Crippen LogP contribution in [0.15, 0.2) is 119 Å². The van der Waals surface area contributed by atoms with E-state index in [0.29, 0.717) is 13.0 Å². The van der Waals surface area contributed by atoms with Crippen LogP contribution in [0.4, 0.5) is 16.2 Å². The molecule has 1 atom stereocenters. The molecule has 0 saturated carbocycles. The number of nitrogens with zero attached hydrogens (tertiary/aromatic N) is 1. The third-order valence-corrected chi connectivity index (χ3v) is 7.31. The normalized spacial score (nSPS) is 11.5. The molecule has 4 aromatic rings. The van der Waals surface area contributed by atoms with Crippen LogP contribution < -0.4 is 10.2 Å². The van der Waals surface area contributed by atoms with Crippen molar-refractivity contribution in [2.24, 2.45) is 0 Å². The van der Waals surface area contributed by atoms with Crippen molar-refractivity contribution in [1.29, 1.82) is 0 Å². The molecule has 2 amide bonds. The Morgan fingerprint density at radius 1 is 0.842 bits per heavy atom. The quantitative estimate of drug-likeness (QED) is 0.208. The van der Waals surface area contributed by atoms with Crippen molar-refractivity contribution in [2.45, 2.75) is 41.9 Å². The van der Waals surface area contributed by atoms with Crippen molar-refractivity contribution < 1.29 is 14.7 Å². The van der Waals surface area contributed by atoms with Gasteiger partial charge in [-0.3, -0.25) is 9.69 Å². The Kier molecular flexibility index (Phi) is 9.59. The van der Waals surface area contributed by atoms with E-state index in [0.717, 1.165) is 39.6 Å². The molecule has 0 spiro atoms. The molecule has 0 aromatic heterocycles. The third kappa shape index (κ3) is 7.49. The van der Waals surface area contributed by atoms with Crippen molar-refractivity contribution in [3.05, 3.63) is 120 Å². The van der Waals surface area contributed by atoms with Crippen LogP contribution in [0.1, 0.15) is 36.8 Å². The van der Waals surface area contributed by atoms with Gasteiger partial charge in [0, 0.05) is 27.7 Å². The summed E-state index contributed by atoms with van der Waals surface area (Å²) in [5.41, 5.74) is 3.63. The average molecular weight is 525 g/mol. The van der Waals surface area contributed by atoms with Crippen molar-refractivity contribution in [3.8, 4) is 0 Å². The number of hydrogen-bond acceptors (Lipinski definition) is 3. The van der Waals surface area contributed by atoms with Gasteiger partial charge in [0.1, 0.15) is 0 Å². The SMILES string of the molecule is CCC(C(=O)O)c1ccc(Sc2cccc(N(CCCc3ccccc3)C(=O)Nc3ccccc3)c2)cc1. The van der Waals surface area contributed by atoms with Crippen LogP contribution in [0.5, 0.6) is 0 Å². The van der Waals surface area contributed by atoms with Gasteiger partial charge in [0.2, 0.25) is 0 Å². The topological polar surface area (TPSA) is 69.6 Å². The fourth-order valence-electron chi connectivity index (χ4n) is 4.32. The minimum Gasteiger partial charge on any atom is -0.481 e. The molecule has 0 saturated heterocycles. The Morgan fingerprint density at radius 3 is 2.18 bits per heavy atom. The molecule has 0 aliphatic carbocycles. The second kappa shape index (κ2) is 13.5. The first-order valence-electron chi connectivity index (χ1n) is 12.8. The number of hydrogen-bond donors (Lipinski definition) is 2. The van der Waals surface area contributed by atoms with Crippen molar-refractivity contribution in [2.75, 3.05) is 16.8 Å². The predicted octanol–water partition coefficient (Wildman–Crippen LogP) is 8.09. The Labute approximate surface area is 228 Å². The molecular weight excluding hydrogens is 492 g/mol. The van der Waals surface area contributed by atoms with Crippen molar-refractivity contribution in [3.63, 3.8) is 0 Å². The number of aryl methyl sites for hydroxylation is 1. The van der Waals surface area contributed by atoms with Gasteiger partial charge < -0.3 is 10.4 Å².